The summed E-state index contributed by atoms with van der Waals surface area (Å²) in [4.78, 5) is 5.44. The molecule has 1 aromatic carbocycles. The summed E-state index contributed by atoms with van der Waals surface area (Å²) in [6.45, 7) is 0.712. The molecule has 126 valence electrons. The molecule has 0 atom stereocenters. The summed E-state index contributed by atoms with van der Waals surface area (Å²) in [6.07, 6.45) is 0. The molecule has 5 nitrogen and oxygen atoms in total. The number of methoxy groups -OCH3 is 2. The van der Waals surface area contributed by atoms with Gasteiger partial charge in [-0.2, -0.15) is 0 Å². The molecule has 23 heavy (non-hydrogen) atoms. The molecule has 0 spiro atoms. The molecular weight excluding hydrogens is 493 g/mol. The summed E-state index contributed by atoms with van der Waals surface area (Å²) in [5, 5.41) is 6.50. The summed E-state index contributed by atoms with van der Waals surface area (Å²) >= 11 is 5.15. The Kier molecular flexibility index (Phi) is 8.71. The fourth-order valence-corrected chi connectivity index (χ4v) is 3.27. The van der Waals surface area contributed by atoms with Crippen LogP contribution in [-0.4, -0.2) is 27.2 Å². The molecule has 1 heterocycles. The van der Waals surface area contributed by atoms with Gasteiger partial charge in [-0.3, -0.25) is 4.99 Å². The maximum Gasteiger partial charge on any atom is 0.195 e. The van der Waals surface area contributed by atoms with Crippen LogP contribution < -0.4 is 20.1 Å². The van der Waals surface area contributed by atoms with E-state index in [2.05, 4.69) is 37.6 Å². The van der Waals surface area contributed by atoms with Crippen LogP contribution >= 0.6 is 51.2 Å². The molecule has 0 amide bonds. The fraction of sp³-hybridized carbons (Fsp3) is 0.267. The quantitative estimate of drug-likeness (QED) is 0.356. The lowest BCUT2D eigenvalue weighted by Gasteiger charge is -2.13. The van der Waals surface area contributed by atoms with Gasteiger partial charge in [-0.05, 0) is 40.2 Å². The Hall–Kier alpha value is -1.00. The number of nitrogens with one attached hydrogen (secondary N) is 2. The van der Waals surface area contributed by atoms with Gasteiger partial charge in [0, 0.05) is 23.7 Å². The van der Waals surface area contributed by atoms with Crippen molar-refractivity contribution < 1.29 is 9.47 Å². The number of anilines is 1. The van der Waals surface area contributed by atoms with Gasteiger partial charge in [0.15, 0.2) is 17.5 Å². The normalized spacial score (nSPS) is 10.7. The molecular formula is C15H19BrIN3O2S. The van der Waals surface area contributed by atoms with E-state index < -0.39 is 0 Å². The highest BCUT2D eigenvalue weighted by Gasteiger charge is 2.06. The number of nitrogens with zero attached hydrogens (tertiary/aromatic N) is 1. The minimum atomic E-state index is 0. The molecule has 0 fully saturated rings. The van der Waals surface area contributed by atoms with E-state index >= 15 is 0 Å². The van der Waals surface area contributed by atoms with Crippen molar-refractivity contribution in [3.8, 4) is 11.5 Å². The summed E-state index contributed by atoms with van der Waals surface area (Å²) in [5.74, 6) is 2.06. The zero-order chi connectivity index (χ0) is 15.9. The number of aliphatic imine (C=N–C) groups is 1. The van der Waals surface area contributed by atoms with Crippen LogP contribution in [0.4, 0.5) is 5.69 Å². The molecule has 2 N–H and O–H groups in total. The Morgan fingerprint density at radius 2 is 1.91 bits per heavy atom. The molecule has 0 aliphatic carbocycles. The Labute approximate surface area is 165 Å². The van der Waals surface area contributed by atoms with E-state index in [4.69, 9.17) is 9.47 Å². The molecule has 2 aromatic rings. The third-order valence-electron chi connectivity index (χ3n) is 2.93. The fourth-order valence-electron chi connectivity index (χ4n) is 1.85. The van der Waals surface area contributed by atoms with E-state index in [-0.39, 0.29) is 24.0 Å². The first-order chi connectivity index (χ1) is 10.7. The molecule has 0 bridgehead atoms. The zero-order valence-electron chi connectivity index (χ0n) is 13.1. The third kappa shape index (κ3) is 5.85. The van der Waals surface area contributed by atoms with Gasteiger partial charge < -0.3 is 20.1 Å². The lowest BCUT2D eigenvalue weighted by Crippen LogP contribution is -2.29. The number of thiophene rings is 1. The third-order valence-corrected chi connectivity index (χ3v) is 4.55. The first kappa shape index (κ1) is 20.0. The number of benzene rings is 1. The second-order valence-electron chi connectivity index (χ2n) is 4.33. The molecule has 1 aromatic heterocycles. The van der Waals surface area contributed by atoms with Crippen molar-refractivity contribution in [3.63, 3.8) is 0 Å². The van der Waals surface area contributed by atoms with Gasteiger partial charge in [-0.1, -0.05) is 0 Å². The average molecular weight is 512 g/mol. The molecule has 0 saturated heterocycles. The zero-order valence-corrected chi connectivity index (χ0v) is 17.8. The predicted octanol–water partition coefficient (Wildman–Crippen LogP) is 4.33. The standard InChI is InChI=1S/C15H18BrN3O2S.HI/c1-17-15(18-9-11-5-7-14(16)22-11)19-10-4-6-12(20-2)13(8-10)21-3;/h4-8H,9H2,1-3H3,(H2,17,18,19);1H. The van der Waals surface area contributed by atoms with Crippen LogP contribution in [0, 0.1) is 0 Å². The summed E-state index contributed by atoms with van der Waals surface area (Å²) < 4.78 is 11.6. The highest BCUT2D eigenvalue weighted by atomic mass is 127. The van der Waals surface area contributed by atoms with Crippen molar-refractivity contribution >= 4 is 62.9 Å². The van der Waals surface area contributed by atoms with E-state index in [0.717, 1.165) is 9.47 Å². The number of guanidine groups is 1. The van der Waals surface area contributed by atoms with Gasteiger partial charge in [0.2, 0.25) is 0 Å². The van der Waals surface area contributed by atoms with E-state index in [0.29, 0.717) is 24.0 Å². The SMILES string of the molecule is CN=C(NCc1ccc(Br)s1)Nc1ccc(OC)c(OC)c1.I. The highest BCUT2D eigenvalue weighted by molar-refractivity contribution is 14.0. The van der Waals surface area contributed by atoms with Crippen LogP contribution in [0.25, 0.3) is 0 Å². The average Bonchev–Trinajstić information content (AvgIpc) is 2.96. The van der Waals surface area contributed by atoms with Crippen LogP contribution in [0.2, 0.25) is 0 Å². The molecule has 0 unspecified atom stereocenters. The van der Waals surface area contributed by atoms with E-state index in [1.54, 1.807) is 32.6 Å². The molecule has 8 heteroatoms. The van der Waals surface area contributed by atoms with Crippen LogP contribution in [0.3, 0.4) is 0 Å². The van der Waals surface area contributed by atoms with E-state index in [1.165, 1.54) is 4.88 Å². The van der Waals surface area contributed by atoms with Crippen molar-refractivity contribution in [1.29, 1.82) is 0 Å². The molecule has 2 rings (SSSR count). The summed E-state index contributed by atoms with van der Waals surface area (Å²) in [5.41, 5.74) is 0.873. The molecule has 0 saturated carbocycles. The van der Waals surface area contributed by atoms with Gasteiger partial charge in [0.05, 0.1) is 24.6 Å². The number of ether oxygens (including phenoxy) is 2. The second kappa shape index (κ2) is 9.99. The van der Waals surface area contributed by atoms with Crippen LogP contribution in [0.15, 0.2) is 39.1 Å². The topological polar surface area (TPSA) is 54.9 Å². The number of hydrogen-bond donors (Lipinski definition) is 2. The monoisotopic (exact) mass is 511 g/mol. The lowest BCUT2D eigenvalue weighted by atomic mass is 10.3. The van der Waals surface area contributed by atoms with Crippen LogP contribution in [0.5, 0.6) is 11.5 Å². The second-order valence-corrected chi connectivity index (χ2v) is 6.87. The van der Waals surface area contributed by atoms with E-state index in [9.17, 15) is 0 Å². The van der Waals surface area contributed by atoms with Gasteiger partial charge in [-0.15, -0.1) is 35.3 Å². The summed E-state index contributed by atoms with van der Waals surface area (Å²) in [6, 6.07) is 9.74. The minimum Gasteiger partial charge on any atom is -0.493 e. The van der Waals surface area contributed by atoms with Crippen molar-refractivity contribution in [2.45, 2.75) is 6.54 Å². The first-order valence-corrected chi connectivity index (χ1v) is 8.21. The smallest absolute Gasteiger partial charge is 0.195 e. The van der Waals surface area contributed by atoms with Crippen molar-refractivity contribution in [1.82, 2.24) is 5.32 Å². The van der Waals surface area contributed by atoms with Gasteiger partial charge >= 0.3 is 0 Å². The lowest BCUT2D eigenvalue weighted by molar-refractivity contribution is 0.355. The van der Waals surface area contributed by atoms with Crippen molar-refractivity contribution in [2.75, 3.05) is 26.6 Å². The van der Waals surface area contributed by atoms with Crippen molar-refractivity contribution in [2.24, 2.45) is 4.99 Å². The Morgan fingerprint density at radius 1 is 1.17 bits per heavy atom. The van der Waals surface area contributed by atoms with Gasteiger partial charge in [-0.25, -0.2) is 0 Å². The largest absolute Gasteiger partial charge is 0.493 e. The Balaban J connectivity index is 0.00000264. The maximum atomic E-state index is 5.30. The highest BCUT2D eigenvalue weighted by Crippen LogP contribution is 2.29. The number of hydrogen-bond acceptors (Lipinski definition) is 4. The van der Waals surface area contributed by atoms with Crippen LogP contribution in [-0.2, 0) is 6.54 Å². The maximum absolute atomic E-state index is 5.30. The molecule has 0 aliphatic rings. The minimum absolute atomic E-state index is 0. The number of halogens is 2. The Bertz CT molecular complexity index is 664. The Morgan fingerprint density at radius 3 is 2.48 bits per heavy atom. The van der Waals surface area contributed by atoms with Gasteiger partial charge in [0.1, 0.15) is 0 Å². The van der Waals surface area contributed by atoms with E-state index in [1.807, 2.05) is 24.3 Å². The summed E-state index contributed by atoms with van der Waals surface area (Å²) in [7, 11) is 4.97. The number of rotatable bonds is 5. The molecule has 0 aliphatic heterocycles. The van der Waals surface area contributed by atoms with Crippen molar-refractivity contribution in [3.05, 3.63) is 39.0 Å². The first-order valence-electron chi connectivity index (χ1n) is 6.60. The predicted molar refractivity (Wildman–Crippen MR) is 111 cm³/mol. The molecule has 0 radical (unpaired) electrons. The van der Waals surface area contributed by atoms with Crippen LogP contribution in [0.1, 0.15) is 4.88 Å². The van der Waals surface area contributed by atoms with Gasteiger partial charge in [0.25, 0.3) is 0 Å².